The van der Waals surface area contributed by atoms with Gasteiger partial charge in [-0.3, -0.25) is 0 Å². The summed E-state index contributed by atoms with van der Waals surface area (Å²) in [6.07, 6.45) is -1.17. The van der Waals surface area contributed by atoms with Crippen LogP contribution in [0.2, 0.25) is 0 Å². The van der Waals surface area contributed by atoms with E-state index in [0.717, 1.165) is 10.5 Å². The quantitative estimate of drug-likeness (QED) is 0.794. The normalized spacial score (nSPS) is 27.5. The molecule has 1 aromatic carbocycles. The van der Waals surface area contributed by atoms with E-state index in [1.807, 2.05) is 18.2 Å². The van der Waals surface area contributed by atoms with Gasteiger partial charge in [-0.1, -0.05) is 30.3 Å². The maximum absolute atomic E-state index is 13.4. The predicted molar refractivity (Wildman–Crippen MR) is 58.6 cm³/mol. The summed E-state index contributed by atoms with van der Waals surface area (Å²) in [6.45, 7) is 0.158. The molecule has 0 N–H and O–H groups in total. The highest BCUT2D eigenvalue weighted by atomic mass is 79.9. The second-order valence-corrected chi connectivity index (χ2v) is 5.18. The number of carbonyl (C=O) groups is 1. The molecule has 3 nitrogen and oxygen atoms in total. The van der Waals surface area contributed by atoms with Crippen LogP contribution in [0.4, 0.5) is 9.18 Å². The Kier molecular flexibility index (Phi) is 2.88. The molecule has 1 fully saturated rings. The maximum Gasteiger partial charge on any atom is 0.187 e. The largest absolute Gasteiger partial charge is 0.530 e. The molecule has 0 aliphatic heterocycles. The number of benzene rings is 1. The van der Waals surface area contributed by atoms with Crippen LogP contribution in [-0.4, -0.2) is 21.6 Å². The highest BCUT2D eigenvalue weighted by molar-refractivity contribution is 9.10. The Labute approximate surface area is 101 Å². The first-order chi connectivity index (χ1) is 7.50. The van der Waals surface area contributed by atoms with Crippen molar-refractivity contribution in [3.05, 3.63) is 35.9 Å². The SMILES string of the molecule is O=C([O-])N(Cc1ccccc1)C1CC1(F)Br. The summed E-state index contributed by atoms with van der Waals surface area (Å²) in [5.41, 5.74) is 0.821. The third-order valence-corrected chi connectivity index (χ3v) is 3.45. The van der Waals surface area contributed by atoms with E-state index in [-0.39, 0.29) is 13.0 Å². The molecule has 5 heteroatoms. The first-order valence-corrected chi connectivity index (χ1v) is 5.69. The zero-order chi connectivity index (χ0) is 11.8. The molecule has 2 unspecified atom stereocenters. The fraction of sp³-hybridized carbons (Fsp3) is 0.364. The highest BCUT2D eigenvalue weighted by Gasteiger charge is 2.57. The number of hydrogen-bond donors (Lipinski definition) is 0. The summed E-state index contributed by atoms with van der Waals surface area (Å²) in [5, 5.41) is 10.9. The van der Waals surface area contributed by atoms with Gasteiger partial charge in [0.05, 0.1) is 6.04 Å². The van der Waals surface area contributed by atoms with E-state index >= 15 is 0 Å². The third kappa shape index (κ3) is 2.35. The Morgan fingerprint density at radius 1 is 1.56 bits per heavy atom. The standard InChI is InChI=1S/C11H11BrFNO2/c12-11(13)6-9(11)14(10(15)16)7-8-4-2-1-3-5-8/h1-5,9H,6-7H2,(H,15,16)/p-1. The van der Waals surface area contributed by atoms with E-state index in [9.17, 15) is 14.3 Å². The first-order valence-electron chi connectivity index (χ1n) is 4.90. The molecule has 0 saturated heterocycles. The lowest BCUT2D eigenvalue weighted by atomic mass is 10.2. The number of carboxylic acid groups (broad SMARTS) is 1. The molecule has 2 rings (SSSR count). The Morgan fingerprint density at radius 3 is 2.56 bits per heavy atom. The average molecular weight is 287 g/mol. The van der Waals surface area contributed by atoms with Crippen molar-refractivity contribution in [2.75, 3.05) is 0 Å². The Balaban J connectivity index is 2.08. The molecule has 0 heterocycles. The van der Waals surface area contributed by atoms with E-state index in [1.165, 1.54) is 0 Å². The molecule has 1 saturated carbocycles. The second-order valence-electron chi connectivity index (χ2n) is 3.86. The fourth-order valence-corrected chi connectivity index (χ4v) is 2.17. The summed E-state index contributed by atoms with van der Waals surface area (Å²) in [6, 6.07) is 8.42. The predicted octanol–water partition coefficient (Wildman–Crippen LogP) is 1.66. The molecule has 1 aliphatic rings. The molecule has 1 amide bonds. The third-order valence-electron chi connectivity index (χ3n) is 2.60. The van der Waals surface area contributed by atoms with Crippen LogP contribution in [0.25, 0.3) is 0 Å². The minimum absolute atomic E-state index is 0.158. The Morgan fingerprint density at radius 2 is 2.12 bits per heavy atom. The van der Waals surface area contributed by atoms with E-state index in [0.29, 0.717) is 0 Å². The average Bonchev–Trinajstić information content (AvgIpc) is 2.85. The number of halogens is 2. The van der Waals surface area contributed by atoms with Crippen LogP contribution in [0.5, 0.6) is 0 Å². The van der Waals surface area contributed by atoms with Crippen LogP contribution >= 0.6 is 15.9 Å². The van der Waals surface area contributed by atoms with Gasteiger partial charge in [-0.15, -0.1) is 0 Å². The van der Waals surface area contributed by atoms with Crippen molar-refractivity contribution in [3.8, 4) is 0 Å². The molecule has 86 valence electrons. The Bertz CT molecular complexity index is 396. The summed E-state index contributed by atoms with van der Waals surface area (Å²) in [5.74, 6) is 0. The zero-order valence-corrected chi connectivity index (χ0v) is 9.98. The molecule has 0 aromatic heterocycles. The number of hydrogen-bond acceptors (Lipinski definition) is 2. The number of alkyl halides is 2. The van der Waals surface area contributed by atoms with Gasteiger partial charge >= 0.3 is 0 Å². The van der Waals surface area contributed by atoms with Crippen molar-refractivity contribution in [2.45, 2.75) is 23.6 Å². The van der Waals surface area contributed by atoms with Gasteiger partial charge in [-0.05, 0) is 21.5 Å². The van der Waals surface area contributed by atoms with Gasteiger partial charge in [0.2, 0.25) is 0 Å². The Hall–Kier alpha value is -1.10. The van der Waals surface area contributed by atoms with Gasteiger partial charge in [-0.2, -0.15) is 0 Å². The number of amides is 1. The molecule has 1 aliphatic carbocycles. The van der Waals surface area contributed by atoms with Crippen molar-refractivity contribution in [2.24, 2.45) is 0 Å². The topological polar surface area (TPSA) is 43.4 Å². The second kappa shape index (κ2) is 4.05. The molecule has 1 aromatic rings. The summed E-state index contributed by atoms with van der Waals surface area (Å²) < 4.78 is 11.8. The van der Waals surface area contributed by atoms with Gasteiger partial charge in [0.15, 0.2) is 4.58 Å². The minimum Gasteiger partial charge on any atom is -0.530 e. The summed E-state index contributed by atoms with van der Waals surface area (Å²) in [7, 11) is 0. The molecule has 2 atom stereocenters. The van der Waals surface area contributed by atoms with Gasteiger partial charge in [0.1, 0.15) is 6.09 Å². The zero-order valence-electron chi connectivity index (χ0n) is 8.40. The van der Waals surface area contributed by atoms with Crippen LogP contribution in [0.3, 0.4) is 0 Å². The molecule has 16 heavy (non-hydrogen) atoms. The van der Waals surface area contributed by atoms with Gasteiger partial charge in [-0.25, -0.2) is 4.39 Å². The van der Waals surface area contributed by atoms with E-state index in [1.54, 1.807) is 12.1 Å². The lowest BCUT2D eigenvalue weighted by Gasteiger charge is -2.25. The molecule has 0 bridgehead atoms. The molecular weight excluding hydrogens is 277 g/mol. The molecular formula is C11H10BrFNO2-. The lowest BCUT2D eigenvalue weighted by molar-refractivity contribution is -0.267. The summed E-state index contributed by atoms with van der Waals surface area (Å²) in [4.78, 5) is 11.9. The van der Waals surface area contributed by atoms with Crippen LogP contribution in [0.1, 0.15) is 12.0 Å². The first kappa shape index (κ1) is 11.4. The monoisotopic (exact) mass is 286 g/mol. The van der Waals surface area contributed by atoms with Crippen molar-refractivity contribution >= 4 is 22.0 Å². The van der Waals surface area contributed by atoms with Crippen LogP contribution < -0.4 is 5.11 Å². The van der Waals surface area contributed by atoms with Crippen molar-refractivity contribution in [1.29, 1.82) is 0 Å². The van der Waals surface area contributed by atoms with Crippen molar-refractivity contribution in [1.82, 2.24) is 4.90 Å². The smallest absolute Gasteiger partial charge is 0.187 e. The maximum atomic E-state index is 13.4. The minimum atomic E-state index is -1.58. The van der Waals surface area contributed by atoms with Crippen LogP contribution in [-0.2, 0) is 6.54 Å². The summed E-state index contributed by atoms with van der Waals surface area (Å²) >= 11 is 2.84. The number of rotatable bonds is 3. The van der Waals surface area contributed by atoms with E-state index in [4.69, 9.17) is 0 Å². The van der Waals surface area contributed by atoms with Crippen LogP contribution in [0.15, 0.2) is 30.3 Å². The van der Waals surface area contributed by atoms with Crippen molar-refractivity contribution in [3.63, 3.8) is 0 Å². The highest BCUT2D eigenvalue weighted by Crippen LogP contribution is 2.49. The van der Waals surface area contributed by atoms with Crippen molar-refractivity contribution < 1.29 is 14.3 Å². The van der Waals surface area contributed by atoms with Crippen LogP contribution in [0, 0.1) is 0 Å². The molecule has 0 spiro atoms. The fourth-order valence-electron chi connectivity index (χ4n) is 1.62. The lowest BCUT2D eigenvalue weighted by Crippen LogP contribution is -2.43. The van der Waals surface area contributed by atoms with E-state index in [2.05, 4.69) is 15.9 Å². The number of carbonyl (C=O) groups excluding carboxylic acids is 1. The molecule has 0 radical (unpaired) electrons. The van der Waals surface area contributed by atoms with Gasteiger partial charge in [0.25, 0.3) is 0 Å². The van der Waals surface area contributed by atoms with Gasteiger partial charge in [0, 0.05) is 13.0 Å². The van der Waals surface area contributed by atoms with E-state index < -0.39 is 16.7 Å². The number of nitrogens with zero attached hydrogens (tertiary/aromatic N) is 1. The van der Waals surface area contributed by atoms with Gasteiger partial charge < -0.3 is 14.8 Å².